The Hall–Kier alpha value is -3.66. The predicted molar refractivity (Wildman–Crippen MR) is 122 cm³/mol. The number of H-pyrrole nitrogens is 1. The van der Waals surface area contributed by atoms with Gasteiger partial charge in [0.05, 0.1) is 19.8 Å². The summed E-state index contributed by atoms with van der Waals surface area (Å²) in [5, 5.41) is 26.8. The van der Waals surface area contributed by atoms with E-state index in [-0.39, 0.29) is 5.56 Å². The quantitative estimate of drug-likeness (QED) is 0.381. The lowest BCUT2D eigenvalue weighted by Crippen LogP contribution is -2.41. The summed E-state index contributed by atoms with van der Waals surface area (Å²) >= 11 is 0. The van der Waals surface area contributed by atoms with Gasteiger partial charge in [-0.1, -0.05) is 12.1 Å². The first-order valence-corrected chi connectivity index (χ1v) is 10.6. The number of nitrogens with zero attached hydrogens (tertiary/aromatic N) is 2. The molecule has 32 heavy (non-hydrogen) atoms. The molecular formula is C22H29N7O3. The lowest BCUT2D eigenvalue weighted by molar-refractivity contribution is 0.0504. The number of anilines is 2. The Labute approximate surface area is 186 Å². The Balaban J connectivity index is 1.46. The van der Waals surface area contributed by atoms with Crippen LogP contribution in [0.1, 0.15) is 27.0 Å². The predicted octanol–water partition coefficient (Wildman–Crippen LogP) is 1.52. The van der Waals surface area contributed by atoms with Gasteiger partial charge in [-0.25, -0.2) is 0 Å². The molecule has 0 spiro atoms. The number of ether oxygens (including phenoxy) is 1. The molecule has 0 unspecified atom stereocenters. The number of aromatic hydroxyl groups is 1. The molecule has 170 valence electrons. The molecule has 1 aromatic carbocycles. The van der Waals surface area contributed by atoms with Crippen LogP contribution in [-0.4, -0.2) is 59.0 Å². The molecule has 0 saturated carbocycles. The molecule has 10 nitrogen and oxygen atoms in total. The summed E-state index contributed by atoms with van der Waals surface area (Å²) < 4.78 is 5.40. The molecule has 1 fully saturated rings. The number of hydrogen-bond acceptors (Lipinski definition) is 8. The van der Waals surface area contributed by atoms with Gasteiger partial charge in [0.2, 0.25) is 0 Å². The van der Waals surface area contributed by atoms with E-state index in [4.69, 9.17) is 10.5 Å². The fourth-order valence-corrected chi connectivity index (χ4v) is 3.88. The number of benzene rings is 1. The number of morpholine rings is 1. The topological polar surface area (TPSA) is 141 Å². The molecule has 10 heteroatoms. The summed E-state index contributed by atoms with van der Waals surface area (Å²) in [4.78, 5) is 14.4. The smallest absolute Gasteiger partial charge is 0.256 e. The first-order valence-electron chi connectivity index (χ1n) is 10.6. The molecule has 2 aliphatic rings. The van der Waals surface area contributed by atoms with E-state index in [2.05, 4.69) is 31.0 Å². The number of allylic oxidation sites excluding steroid dienone is 2. The Morgan fingerprint density at radius 3 is 2.59 bits per heavy atom. The van der Waals surface area contributed by atoms with Gasteiger partial charge in [0.25, 0.3) is 5.91 Å². The van der Waals surface area contributed by atoms with Gasteiger partial charge >= 0.3 is 0 Å². The van der Waals surface area contributed by atoms with Crippen molar-refractivity contribution in [2.24, 2.45) is 5.73 Å². The van der Waals surface area contributed by atoms with Gasteiger partial charge in [-0.3, -0.25) is 9.89 Å². The Bertz CT molecular complexity index is 1040. The number of nitrogens with two attached hydrogens (primary N) is 1. The van der Waals surface area contributed by atoms with Crippen molar-refractivity contribution in [1.82, 2.24) is 20.4 Å². The van der Waals surface area contributed by atoms with Crippen molar-refractivity contribution in [1.29, 1.82) is 0 Å². The summed E-state index contributed by atoms with van der Waals surface area (Å²) in [6.45, 7) is 7.88. The molecule has 1 amide bonds. The highest BCUT2D eigenvalue weighted by atomic mass is 16.5. The van der Waals surface area contributed by atoms with Gasteiger partial charge in [0.15, 0.2) is 5.82 Å². The van der Waals surface area contributed by atoms with Gasteiger partial charge in [-0.2, -0.15) is 5.10 Å². The second-order valence-corrected chi connectivity index (χ2v) is 7.94. The standard InChI is InChI=1S/C22H29N7O3/c1-13-9-15(10-14(2)19(13)30)11-25-21-18(20(23)31)22(28-27-21)26-16-3-4-17(24-12-16)29-5-7-32-8-6-29/h3-4,9-10,24,30H,5-8,11-12H2,1-2H3,(H2,23,31)(H3,25,26,27,28). The van der Waals surface area contributed by atoms with Crippen LogP contribution in [0.3, 0.4) is 0 Å². The lowest BCUT2D eigenvalue weighted by Gasteiger charge is -2.33. The molecule has 2 aromatic rings. The van der Waals surface area contributed by atoms with E-state index in [1.54, 1.807) is 0 Å². The Morgan fingerprint density at radius 1 is 1.25 bits per heavy atom. The maximum absolute atomic E-state index is 12.2. The zero-order valence-electron chi connectivity index (χ0n) is 18.3. The second-order valence-electron chi connectivity index (χ2n) is 7.94. The molecular weight excluding hydrogens is 410 g/mol. The van der Waals surface area contributed by atoms with Gasteiger partial charge in [-0.15, -0.1) is 0 Å². The van der Waals surface area contributed by atoms with E-state index in [9.17, 15) is 9.90 Å². The first-order chi connectivity index (χ1) is 15.4. The number of aromatic amines is 1. The van der Waals surface area contributed by atoms with Gasteiger partial charge < -0.3 is 36.4 Å². The number of phenolic OH excluding ortho intramolecular Hbond substituents is 1. The average Bonchev–Trinajstić information content (AvgIpc) is 3.19. The molecule has 7 N–H and O–H groups in total. The first kappa shape index (κ1) is 21.6. The minimum absolute atomic E-state index is 0.265. The van der Waals surface area contributed by atoms with Crippen LogP contribution in [0.15, 0.2) is 35.8 Å². The van der Waals surface area contributed by atoms with E-state index >= 15 is 0 Å². The molecule has 0 bridgehead atoms. The fraction of sp³-hybridized carbons (Fsp3) is 0.364. The van der Waals surface area contributed by atoms with E-state index in [0.29, 0.717) is 30.5 Å². The molecule has 3 heterocycles. The van der Waals surface area contributed by atoms with E-state index < -0.39 is 5.91 Å². The minimum atomic E-state index is -0.587. The van der Waals surface area contributed by atoms with Crippen molar-refractivity contribution in [3.63, 3.8) is 0 Å². The van der Waals surface area contributed by atoms with Crippen molar-refractivity contribution in [3.05, 3.63) is 58.1 Å². The van der Waals surface area contributed by atoms with Crippen LogP contribution < -0.4 is 21.7 Å². The maximum atomic E-state index is 12.2. The average molecular weight is 440 g/mol. The fourth-order valence-electron chi connectivity index (χ4n) is 3.88. The second kappa shape index (κ2) is 9.23. The molecule has 0 atom stereocenters. The number of amides is 1. The highest BCUT2D eigenvalue weighted by Gasteiger charge is 2.21. The van der Waals surface area contributed by atoms with Crippen LogP contribution in [-0.2, 0) is 11.3 Å². The number of aryl methyl sites for hydroxylation is 2. The summed E-state index contributed by atoms with van der Waals surface area (Å²) in [7, 11) is 0. The number of phenols is 1. The van der Waals surface area contributed by atoms with Gasteiger partial charge in [0.1, 0.15) is 23.0 Å². The van der Waals surface area contributed by atoms with Gasteiger partial charge in [-0.05, 0) is 42.7 Å². The zero-order valence-corrected chi connectivity index (χ0v) is 18.3. The van der Waals surface area contributed by atoms with Crippen molar-refractivity contribution >= 4 is 17.5 Å². The third-order valence-electron chi connectivity index (χ3n) is 5.57. The molecule has 0 aliphatic carbocycles. The lowest BCUT2D eigenvalue weighted by atomic mass is 10.1. The summed E-state index contributed by atoms with van der Waals surface area (Å²) in [6.07, 6.45) is 3.97. The monoisotopic (exact) mass is 439 g/mol. The number of dihydropyridines is 1. The normalized spacial score (nSPS) is 16.1. The Kier molecular flexibility index (Phi) is 6.22. The summed E-state index contributed by atoms with van der Waals surface area (Å²) in [5.41, 5.74) is 9.34. The number of hydrogen-bond donors (Lipinski definition) is 6. The van der Waals surface area contributed by atoms with Crippen LogP contribution in [0, 0.1) is 13.8 Å². The van der Waals surface area contributed by atoms with Crippen molar-refractivity contribution in [2.45, 2.75) is 20.4 Å². The number of nitrogens with one attached hydrogen (secondary N) is 4. The van der Waals surface area contributed by atoms with Crippen molar-refractivity contribution in [2.75, 3.05) is 43.5 Å². The SMILES string of the molecule is Cc1cc(CNc2[nH]nc(NC3=CC=C(N4CCOCC4)NC3)c2C(N)=O)cc(C)c1O. The minimum Gasteiger partial charge on any atom is -0.507 e. The number of carbonyl (C=O) groups excluding carboxylic acids is 1. The number of rotatable bonds is 7. The van der Waals surface area contributed by atoms with Crippen LogP contribution >= 0.6 is 0 Å². The molecule has 4 rings (SSSR count). The van der Waals surface area contributed by atoms with E-state index in [1.807, 2.05) is 38.1 Å². The van der Waals surface area contributed by atoms with Crippen LogP contribution in [0.25, 0.3) is 0 Å². The number of aromatic nitrogens is 2. The highest BCUT2D eigenvalue weighted by molar-refractivity contribution is 6.02. The number of carbonyl (C=O) groups is 1. The highest BCUT2D eigenvalue weighted by Crippen LogP contribution is 2.26. The van der Waals surface area contributed by atoms with Gasteiger partial charge in [0, 0.05) is 25.3 Å². The number of primary amides is 1. The molecule has 1 saturated heterocycles. The molecule has 0 radical (unpaired) electrons. The molecule has 2 aliphatic heterocycles. The largest absolute Gasteiger partial charge is 0.507 e. The van der Waals surface area contributed by atoms with E-state index in [1.165, 1.54) is 0 Å². The van der Waals surface area contributed by atoms with Crippen molar-refractivity contribution in [3.8, 4) is 5.75 Å². The van der Waals surface area contributed by atoms with E-state index in [0.717, 1.165) is 54.5 Å². The van der Waals surface area contributed by atoms with Crippen LogP contribution in [0.5, 0.6) is 5.75 Å². The third-order valence-corrected chi connectivity index (χ3v) is 5.57. The summed E-state index contributed by atoms with van der Waals surface area (Å²) in [5.74, 6) is 1.57. The van der Waals surface area contributed by atoms with Crippen LogP contribution in [0.2, 0.25) is 0 Å². The Morgan fingerprint density at radius 2 is 1.97 bits per heavy atom. The third kappa shape index (κ3) is 4.65. The maximum Gasteiger partial charge on any atom is 0.256 e. The zero-order chi connectivity index (χ0) is 22.7. The van der Waals surface area contributed by atoms with Crippen molar-refractivity contribution < 1.29 is 14.6 Å². The summed E-state index contributed by atoms with van der Waals surface area (Å²) in [6, 6.07) is 3.79. The molecule has 1 aromatic heterocycles. The van der Waals surface area contributed by atoms with Crippen LogP contribution in [0.4, 0.5) is 11.6 Å².